The summed E-state index contributed by atoms with van der Waals surface area (Å²) in [6.07, 6.45) is 5.44. The highest BCUT2D eigenvalue weighted by molar-refractivity contribution is 5.83. The SMILES string of the molecule is Cc1nnc2n1CC(C(=O)O)N(C(=O)N(C)C1CCCCC1)C2. The number of hydrogen-bond donors (Lipinski definition) is 1. The summed E-state index contributed by atoms with van der Waals surface area (Å²) in [5, 5.41) is 17.6. The average molecular weight is 321 g/mol. The van der Waals surface area contributed by atoms with Crippen LogP contribution in [0.15, 0.2) is 0 Å². The maximum Gasteiger partial charge on any atom is 0.328 e. The summed E-state index contributed by atoms with van der Waals surface area (Å²) in [6.45, 7) is 2.18. The Kier molecular flexibility index (Phi) is 4.23. The van der Waals surface area contributed by atoms with Crippen LogP contribution in [0.3, 0.4) is 0 Å². The van der Waals surface area contributed by atoms with Crippen LogP contribution in [-0.4, -0.2) is 60.8 Å². The number of aromatic nitrogens is 3. The molecule has 1 N–H and O–H groups in total. The van der Waals surface area contributed by atoms with Crippen molar-refractivity contribution in [2.24, 2.45) is 0 Å². The molecule has 1 saturated carbocycles. The molecule has 1 atom stereocenters. The molecular weight excluding hydrogens is 298 g/mol. The Morgan fingerprint density at radius 3 is 2.57 bits per heavy atom. The van der Waals surface area contributed by atoms with Gasteiger partial charge in [-0.05, 0) is 19.8 Å². The Labute approximate surface area is 135 Å². The molecule has 23 heavy (non-hydrogen) atoms. The first-order chi connectivity index (χ1) is 11.0. The Morgan fingerprint density at radius 1 is 1.22 bits per heavy atom. The Hall–Kier alpha value is -2.12. The van der Waals surface area contributed by atoms with Crippen LogP contribution in [0.5, 0.6) is 0 Å². The normalized spacial score (nSPS) is 21.8. The molecule has 0 bridgehead atoms. The minimum atomic E-state index is -0.992. The second-order valence-electron chi connectivity index (χ2n) is 6.44. The predicted octanol–water partition coefficient (Wildman–Crippen LogP) is 1.24. The van der Waals surface area contributed by atoms with Gasteiger partial charge in [0.2, 0.25) is 0 Å². The molecule has 0 saturated heterocycles. The zero-order chi connectivity index (χ0) is 16.6. The predicted molar refractivity (Wildman–Crippen MR) is 81.8 cm³/mol. The maximum atomic E-state index is 12.9. The number of carbonyl (C=O) groups excluding carboxylic acids is 1. The monoisotopic (exact) mass is 321 g/mol. The van der Waals surface area contributed by atoms with Crippen molar-refractivity contribution in [3.8, 4) is 0 Å². The van der Waals surface area contributed by atoms with Crippen molar-refractivity contribution in [2.75, 3.05) is 7.05 Å². The van der Waals surface area contributed by atoms with Gasteiger partial charge in [0.15, 0.2) is 5.82 Å². The molecule has 3 rings (SSSR count). The number of fused-ring (bicyclic) bond motifs is 1. The Balaban J connectivity index is 1.81. The van der Waals surface area contributed by atoms with Crippen molar-refractivity contribution in [3.05, 3.63) is 11.6 Å². The summed E-state index contributed by atoms with van der Waals surface area (Å²) < 4.78 is 1.78. The first-order valence-electron chi connectivity index (χ1n) is 8.14. The molecule has 126 valence electrons. The molecule has 8 heteroatoms. The highest BCUT2D eigenvalue weighted by Gasteiger charge is 2.38. The van der Waals surface area contributed by atoms with Crippen molar-refractivity contribution in [1.29, 1.82) is 0 Å². The molecule has 8 nitrogen and oxygen atoms in total. The van der Waals surface area contributed by atoms with E-state index in [1.807, 2.05) is 0 Å². The third-order valence-corrected chi connectivity index (χ3v) is 5.01. The topological polar surface area (TPSA) is 91.6 Å². The molecule has 0 spiro atoms. The maximum absolute atomic E-state index is 12.9. The van der Waals surface area contributed by atoms with Gasteiger partial charge >= 0.3 is 12.0 Å². The summed E-state index contributed by atoms with van der Waals surface area (Å²) in [6, 6.07) is -0.904. The fraction of sp³-hybridized carbons (Fsp3) is 0.733. The van der Waals surface area contributed by atoms with Crippen molar-refractivity contribution >= 4 is 12.0 Å². The summed E-state index contributed by atoms with van der Waals surface area (Å²) in [5.74, 6) is 0.332. The number of hydrogen-bond acceptors (Lipinski definition) is 4. The van der Waals surface area contributed by atoms with Gasteiger partial charge < -0.3 is 19.5 Å². The van der Waals surface area contributed by atoms with Crippen LogP contribution in [0.1, 0.15) is 43.8 Å². The first-order valence-corrected chi connectivity index (χ1v) is 8.14. The number of amides is 2. The van der Waals surface area contributed by atoms with Crippen molar-refractivity contribution in [1.82, 2.24) is 24.6 Å². The molecule has 2 aliphatic rings. The van der Waals surface area contributed by atoms with Crippen LogP contribution < -0.4 is 0 Å². The Morgan fingerprint density at radius 2 is 1.91 bits per heavy atom. The van der Waals surface area contributed by atoms with Gasteiger partial charge in [-0.1, -0.05) is 19.3 Å². The van der Waals surface area contributed by atoms with E-state index >= 15 is 0 Å². The number of aliphatic carboxylic acids is 1. The lowest BCUT2D eigenvalue weighted by Gasteiger charge is -2.39. The smallest absolute Gasteiger partial charge is 0.328 e. The van der Waals surface area contributed by atoms with Crippen LogP contribution in [0.4, 0.5) is 4.79 Å². The quantitative estimate of drug-likeness (QED) is 0.885. The van der Waals surface area contributed by atoms with Crippen LogP contribution >= 0.6 is 0 Å². The van der Waals surface area contributed by atoms with Gasteiger partial charge in [-0.3, -0.25) is 0 Å². The number of urea groups is 1. The number of nitrogens with zero attached hydrogens (tertiary/aromatic N) is 5. The van der Waals surface area contributed by atoms with E-state index in [9.17, 15) is 14.7 Å². The molecule has 1 aromatic rings. The molecule has 1 aliphatic heterocycles. The van der Waals surface area contributed by atoms with Gasteiger partial charge in [-0.2, -0.15) is 0 Å². The lowest BCUT2D eigenvalue weighted by Crippen LogP contribution is -2.56. The highest BCUT2D eigenvalue weighted by atomic mass is 16.4. The molecule has 1 fully saturated rings. The van der Waals surface area contributed by atoms with Gasteiger partial charge in [0, 0.05) is 13.1 Å². The zero-order valence-corrected chi connectivity index (χ0v) is 13.6. The van der Waals surface area contributed by atoms with Crippen molar-refractivity contribution in [2.45, 2.75) is 64.2 Å². The zero-order valence-electron chi connectivity index (χ0n) is 13.6. The second-order valence-corrected chi connectivity index (χ2v) is 6.44. The molecular formula is C15H23N5O3. The second kappa shape index (κ2) is 6.17. The highest BCUT2D eigenvalue weighted by Crippen LogP contribution is 2.25. The molecule has 2 heterocycles. The van der Waals surface area contributed by atoms with Crippen LogP contribution in [0, 0.1) is 6.92 Å². The number of carboxylic acids is 1. The number of aryl methyl sites for hydroxylation is 1. The van der Waals surface area contributed by atoms with Gasteiger partial charge in [0.1, 0.15) is 11.9 Å². The van der Waals surface area contributed by atoms with Crippen LogP contribution in [0.2, 0.25) is 0 Å². The van der Waals surface area contributed by atoms with Gasteiger partial charge in [0.05, 0.1) is 13.1 Å². The molecule has 1 aromatic heterocycles. The largest absolute Gasteiger partial charge is 0.480 e. The average Bonchev–Trinajstić information content (AvgIpc) is 2.93. The van der Waals surface area contributed by atoms with Crippen molar-refractivity contribution < 1.29 is 14.7 Å². The summed E-state index contributed by atoms with van der Waals surface area (Å²) >= 11 is 0. The lowest BCUT2D eigenvalue weighted by atomic mass is 9.94. The molecule has 0 aromatic carbocycles. The minimum Gasteiger partial charge on any atom is -0.480 e. The summed E-state index contributed by atoms with van der Waals surface area (Å²) in [4.78, 5) is 27.6. The molecule has 0 radical (unpaired) electrons. The van der Waals surface area contributed by atoms with E-state index in [0.717, 1.165) is 25.7 Å². The number of rotatable bonds is 2. The van der Waals surface area contributed by atoms with E-state index in [-0.39, 0.29) is 25.2 Å². The number of carbonyl (C=O) groups is 2. The Bertz CT molecular complexity index is 608. The first kappa shape index (κ1) is 15.8. The summed E-state index contributed by atoms with van der Waals surface area (Å²) in [7, 11) is 1.78. The van der Waals surface area contributed by atoms with E-state index in [1.54, 1.807) is 23.4 Å². The van der Waals surface area contributed by atoms with Crippen LogP contribution in [-0.2, 0) is 17.9 Å². The van der Waals surface area contributed by atoms with Gasteiger partial charge in [-0.25, -0.2) is 9.59 Å². The fourth-order valence-electron chi connectivity index (χ4n) is 3.55. The molecule has 1 aliphatic carbocycles. The van der Waals surface area contributed by atoms with Crippen molar-refractivity contribution in [3.63, 3.8) is 0 Å². The van der Waals surface area contributed by atoms with E-state index < -0.39 is 12.0 Å². The fourth-order valence-corrected chi connectivity index (χ4v) is 3.55. The molecule has 1 unspecified atom stereocenters. The standard InChI is InChI=1S/C15H23N5O3/c1-10-16-17-13-9-20(12(14(21)22)8-19(10)13)15(23)18(2)11-6-4-3-5-7-11/h11-12H,3-9H2,1-2H3,(H,21,22). The van der Waals surface area contributed by atoms with Gasteiger partial charge in [-0.15, -0.1) is 10.2 Å². The van der Waals surface area contributed by atoms with Gasteiger partial charge in [0.25, 0.3) is 0 Å². The number of carboxylic acid groups (broad SMARTS) is 1. The van der Waals surface area contributed by atoms with E-state index in [2.05, 4.69) is 10.2 Å². The van der Waals surface area contributed by atoms with E-state index in [1.165, 1.54) is 11.3 Å². The molecule has 2 amide bonds. The van der Waals surface area contributed by atoms with Crippen LogP contribution in [0.25, 0.3) is 0 Å². The third-order valence-electron chi connectivity index (χ3n) is 5.01. The van der Waals surface area contributed by atoms with E-state index in [4.69, 9.17) is 0 Å². The third kappa shape index (κ3) is 2.89. The van der Waals surface area contributed by atoms with E-state index in [0.29, 0.717) is 11.6 Å². The lowest BCUT2D eigenvalue weighted by molar-refractivity contribution is -0.143. The minimum absolute atomic E-state index is 0.188. The summed E-state index contributed by atoms with van der Waals surface area (Å²) in [5.41, 5.74) is 0.